The van der Waals surface area contributed by atoms with E-state index in [9.17, 15) is 9.18 Å². The number of allylic oxidation sites excluding steroid dienone is 3. The summed E-state index contributed by atoms with van der Waals surface area (Å²) in [6, 6.07) is 8.91. The lowest BCUT2D eigenvalue weighted by Crippen LogP contribution is -2.18. The lowest BCUT2D eigenvalue weighted by atomic mass is 10.0. The molecule has 1 fully saturated rings. The van der Waals surface area contributed by atoms with Gasteiger partial charge in [-0.15, -0.1) is 0 Å². The Kier molecular flexibility index (Phi) is 24.8. The van der Waals surface area contributed by atoms with Crippen LogP contribution in [0.15, 0.2) is 59.7 Å². The molecule has 2 heterocycles. The Labute approximate surface area is 280 Å². The standard InChI is InChI=1S/C19H22ClN3O.C8H9F.C7H16.C3H8.C2H6/c1-12-5-3-4-6-18(22-12)16-10-19(21-11-17(16)20)23-15-8-7-14(9-15)13(2)24;1-2-7-4-3-5-8(9)6-7;1-3-5-7-6-4-2;1-3-2;1-2/h3,5-6,10-11,14-15H,4,7-9H2,1-2H3,(H,21,23);3-6H,2H2,1H3;3-7H2,1-2H3;3H2,1-2H3;1-2H3. The number of rotatable bonds is 9. The second-order valence-corrected chi connectivity index (χ2v) is 11.7. The normalized spacial score (nSPS) is 16.4. The van der Waals surface area contributed by atoms with Gasteiger partial charge in [-0.1, -0.05) is 123 Å². The van der Waals surface area contributed by atoms with Gasteiger partial charge in [-0.3, -0.25) is 9.79 Å². The number of pyridine rings is 1. The van der Waals surface area contributed by atoms with Crippen molar-refractivity contribution in [2.24, 2.45) is 10.9 Å². The molecular formula is C39H61ClFN3O. The van der Waals surface area contributed by atoms with Crippen molar-refractivity contribution in [2.75, 3.05) is 5.32 Å². The molecule has 0 spiro atoms. The summed E-state index contributed by atoms with van der Waals surface area (Å²) in [5.74, 6) is 1.10. The minimum Gasteiger partial charge on any atom is -0.367 e. The molecule has 4 nitrogen and oxygen atoms in total. The molecule has 0 radical (unpaired) electrons. The predicted octanol–water partition coefficient (Wildman–Crippen LogP) is 12.5. The summed E-state index contributed by atoms with van der Waals surface area (Å²) in [6.07, 6.45) is 20.6. The Hall–Kier alpha value is -2.79. The molecule has 45 heavy (non-hydrogen) atoms. The molecule has 6 heteroatoms. The van der Waals surface area contributed by atoms with Crippen LogP contribution in [0, 0.1) is 11.7 Å². The number of hydrogen-bond acceptors (Lipinski definition) is 4. The van der Waals surface area contributed by atoms with E-state index in [4.69, 9.17) is 11.6 Å². The van der Waals surface area contributed by atoms with Crippen molar-refractivity contribution in [3.05, 3.63) is 76.7 Å². The zero-order valence-electron chi connectivity index (χ0n) is 29.7. The number of anilines is 1. The maximum Gasteiger partial charge on any atom is 0.132 e. The Morgan fingerprint density at radius 1 is 1.02 bits per heavy atom. The van der Waals surface area contributed by atoms with Crippen molar-refractivity contribution in [3.8, 4) is 0 Å². The monoisotopic (exact) mass is 641 g/mol. The summed E-state index contributed by atoms with van der Waals surface area (Å²) in [6.45, 7) is 18.4. The first-order valence-corrected chi connectivity index (χ1v) is 17.7. The number of ketones is 1. The fourth-order valence-electron chi connectivity index (χ4n) is 4.70. The zero-order valence-corrected chi connectivity index (χ0v) is 30.4. The van der Waals surface area contributed by atoms with Crippen LogP contribution >= 0.6 is 11.6 Å². The number of nitrogens with one attached hydrogen (secondary N) is 1. The number of carbonyl (C=O) groups is 1. The van der Waals surface area contributed by atoms with Crippen molar-refractivity contribution in [2.45, 2.75) is 139 Å². The van der Waals surface area contributed by atoms with Crippen LogP contribution < -0.4 is 5.32 Å². The van der Waals surface area contributed by atoms with Crippen molar-refractivity contribution >= 4 is 34.6 Å². The number of aryl methyl sites for hydroxylation is 1. The summed E-state index contributed by atoms with van der Waals surface area (Å²) in [5, 5.41) is 4.04. The molecule has 2 aliphatic rings. The SMILES string of the molecule is CC.CC(=O)C1CCC(Nc2cc(C3=CCC=CC(C)=N3)c(Cl)cn2)C1.CCC.CCCCCCC.CCc1cccc(F)c1. The molecule has 1 aromatic heterocycles. The molecule has 0 saturated heterocycles. The minimum absolute atomic E-state index is 0.144. The first-order chi connectivity index (χ1) is 21.7. The molecule has 2 unspecified atom stereocenters. The van der Waals surface area contributed by atoms with Gasteiger partial charge in [0.1, 0.15) is 17.4 Å². The van der Waals surface area contributed by atoms with Gasteiger partial charge in [-0.25, -0.2) is 9.37 Å². The Bertz CT molecular complexity index is 1170. The van der Waals surface area contributed by atoms with E-state index in [1.165, 1.54) is 44.6 Å². The summed E-state index contributed by atoms with van der Waals surface area (Å²) in [4.78, 5) is 20.5. The summed E-state index contributed by atoms with van der Waals surface area (Å²) in [5.41, 5.74) is 3.77. The van der Waals surface area contributed by atoms with Crippen molar-refractivity contribution < 1.29 is 9.18 Å². The first kappa shape index (κ1) is 42.2. The molecule has 252 valence electrons. The number of halogens is 2. The van der Waals surface area contributed by atoms with Gasteiger partial charge in [-0.2, -0.15) is 0 Å². The van der Waals surface area contributed by atoms with E-state index in [0.717, 1.165) is 60.5 Å². The van der Waals surface area contributed by atoms with E-state index in [2.05, 4.69) is 55.1 Å². The van der Waals surface area contributed by atoms with Gasteiger partial charge < -0.3 is 5.32 Å². The molecule has 1 aromatic carbocycles. The fraction of sp³-hybridized carbons (Fsp3) is 0.564. The molecule has 1 aliphatic carbocycles. The molecule has 0 bridgehead atoms. The zero-order chi connectivity index (χ0) is 34.0. The van der Waals surface area contributed by atoms with Gasteiger partial charge >= 0.3 is 0 Å². The van der Waals surface area contributed by atoms with Crippen LogP contribution in [0.3, 0.4) is 0 Å². The molecule has 1 N–H and O–H groups in total. The fourth-order valence-corrected chi connectivity index (χ4v) is 4.90. The maximum absolute atomic E-state index is 12.4. The largest absolute Gasteiger partial charge is 0.367 e. The number of unbranched alkanes of at least 4 members (excludes halogenated alkanes) is 4. The first-order valence-electron chi connectivity index (χ1n) is 17.3. The maximum atomic E-state index is 12.4. The third kappa shape index (κ3) is 18.7. The molecular weight excluding hydrogens is 581 g/mol. The summed E-state index contributed by atoms with van der Waals surface area (Å²) >= 11 is 6.35. The number of carbonyl (C=O) groups excluding carboxylic acids is 1. The number of benzene rings is 1. The van der Waals surface area contributed by atoms with Crippen LogP contribution in [0.2, 0.25) is 5.02 Å². The molecule has 1 aliphatic heterocycles. The van der Waals surface area contributed by atoms with Gasteiger partial charge in [0.25, 0.3) is 0 Å². The highest BCUT2D eigenvalue weighted by Gasteiger charge is 2.27. The van der Waals surface area contributed by atoms with Gasteiger partial charge in [0.2, 0.25) is 0 Å². The molecule has 2 atom stereocenters. The van der Waals surface area contributed by atoms with Crippen LogP contribution in [0.5, 0.6) is 0 Å². The number of Topliss-reactive ketones (excluding diaryl/α,β-unsaturated/α-hetero) is 1. The summed E-state index contributed by atoms with van der Waals surface area (Å²) < 4.78 is 12.4. The quantitative estimate of drug-likeness (QED) is 0.277. The van der Waals surface area contributed by atoms with E-state index >= 15 is 0 Å². The van der Waals surface area contributed by atoms with E-state index in [1.54, 1.807) is 25.3 Å². The van der Waals surface area contributed by atoms with Gasteiger partial charge in [0.05, 0.1) is 10.7 Å². The lowest BCUT2D eigenvalue weighted by molar-refractivity contribution is -0.120. The van der Waals surface area contributed by atoms with Crippen LogP contribution in [-0.2, 0) is 11.2 Å². The molecule has 4 rings (SSSR count). The van der Waals surface area contributed by atoms with Gasteiger partial charge in [0.15, 0.2) is 0 Å². The highest BCUT2D eigenvalue weighted by molar-refractivity contribution is 6.32. The lowest BCUT2D eigenvalue weighted by Gasteiger charge is -2.15. The Morgan fingerprint density at radius 3 is 2.22 bits per heavy atom. The third-order valence-electron chi connectivity index (χ3n) is 7.10. The molecule has 1 saturated carbocycles. The number of aromatic nitrogens is 1. The van der Waals surface area contributed by atoms with E-state index in [1.807, 2.05) is 45.9 Å². The average molecular weight is 642 g/mol. The third-order valence-corrected chi connectivity index (χ3v) is 7.40. The van der Waals surface area contributed by atoms with Crippen molar-refractivity contribution in [3.63, 3.8) is 0 Å². The predicted molar refractivity (Wildman–Crippen MR) is 197 cm³/mol. The second kappa shape index (κ2) is 26.4. The topological polar surface area (TPSA) is 54.4 Å². The summed E-state index contributed by atoms with van der Waals surface area (Å²) in [7, 11) is 0. The smallest absolute Gasteiger partial charge is 0.132 e. The molecule has 0 amide bonds. The van der Waals surface area contributed by atoms with Crippen LogP contribution in [0.1, 0.15) is 138 Å². The van der Waals surface area contributed by atoms with E-state index in [-0.39, 0.29) is 23.6 Å². The highest BCUT2D eigenvalue weighted by atomic mass is 35.5. The molecule has 2 aromatic rings. The number of nitrogens with zero attached hydrogens (tertiary/aromatic N) is 2. The van der Waals surface area contributed by atoms with Gasteiger partial charge in [-0.05, 0) is 75.8 Å². The van der Waals surface area contributed by atoms with Crippen molar-refractivity contribution in [1.29, 1.82) is 0 Å². The van der Waals surface area contributed by atoms with Crippen LogP contribution in [0.25, 0.3) is 5.70 Å². The van der Waals surface area contributed by atoms with E-state index in [0.29, 0.717) is 5.02 Å². The van der Waals surface area contributed by atoms with Crippen LogP contribution in [-0.4, -0.2) is 22.5 Å². The average Bonchev–Trinajstić information content (AvgIpc) is 3.40. The van der Waals surface area contributed by atoms with Crippen LogP contribution in [0.4, 0.5) is 10.2 Å². The Morgan fingerprint density at radius 2 is 1.69 bits per heavy atom. The van der Waals surface area contributed by atoms with Gasteiger partial charge in [0, 0.05) is 29.4 Å². The number of aliphatic imine (C=N–C) groups is 1. The van der Waals surface area contributed by atoms with Crippen molar-refractivity contribution in [1.82, 2.24) is 4.98 Å². The number of hydrogen-bond donors (Lipinski definition) is 1. The van der Waals surface area contributed by atoms with E-state index < -0.39 is 0 Å². The highest BCUT2D eigenvalue weighted by Crippen LogP contribution is 2.31. The second-order valence-electron chi connectivity index (χ2n) is 11.2. The minimum atomic E-state index is -0.144. The Balaban J connectivity index is 0.000000755.